The van der Waals surface area contributed by atoms with Crippen LogP contribution in [0, 0.1) is 0 Å². The number of hydrogen-bond acceptors (Lipinski definition) is 2. The van der Waals surface area contributed by atoms with E-state index in [4.69, 9.17) is 10.2 Å². The van der Waals surface area contributed by atoms with Crippen molar-refractivity contribution in [3.05, 3.63) is 0 Å². The van der Waals surface area contributed by atoms with Crippen LogP contribution < -0.4 is 5.32 Å². The Balaban J connectivity index is -0.000000149. The Morgan fingerprint density at radius 3 is 2.22 bits per heavy atom. The molecule has 0 aliphatic carbocycles. The topological polar surface area (TPSA) is 69.6 Å². The summed E-state index contributed by atoms with van der Waals surface area (Å²) in [7, 11) is 0. The first-order valence-electron chi connectivity index (χ1n) is 2.85. The molecule has 0 aliphatic heterocycles. The summed E-state index contributed by atoms with van der Waals surface area (Å²) in [6.45, 7) is 3.96. The Bertz CT molecular complexity index is 69.9. The molecule has 0 saturated heterocycles. The van der Waals surface area contributed by atoms with Gasteiger partial charge in [0.25, 0.3) is 0 Å². The summed E-state index contributed by atoms with van der Waals surface area (Å²) in [6.07, 6.45) is -1.10. The third kappa shape index (κ3) is 19.0. The van der Waals surface area contributed by atoms with Crippen LogP contribution >= 0.6 is 0 Å². The van der Waals surface area contributed by atoms with Gasteiger partial charge in [-0.15, -0.1) is 0 Å². The minimum atomic E-state index is -1.10. The van der Waals surface area contributed by atoms with E-state index in [9.17, 15) is 4.79 Å². The molecule has 0 heterocycles. The average molecular weight is 137 g/mol. The molecule has 58 valence electrons. The zero-order chi connectivity index (χ0) is 7.70. The van der Waals surface area contributed by atoms with Gasteiger partial charge in [0.1, 0.15) is 0 Å². The molecule has 4 nitrogen and oxygen atoms in total. The monoisotopic (exact) mass is 137 g/mol. The van der Waals surface area contributed by atoms with Gasteiger partial charge in [-0.3, -0.25) is 0 Å². The second-order valence-corrected chi connectivity index (χ2v) is 0.956. The molecule has 1 amide bonds. The van der Waals surface area contributed by atoms with E-state index in [-0.39, 0.29) is 14.6 Å². The molecule has 0 aromatic heterocycles. The lowest BCUT2D eigenvalue weighted by atomic mass is 10.7. The van der Waals surface area contributed by atoms with Gasteiger partial charge in [-0.05, 0) is 0 Å². The maximum Gasteiger partial charge on any atom is 0.404 e. The molecule has 0 bridgehead atoms. The van der Waals surface area contributed by atoms with Crippen LogP contribution in [0.4, 0.5) is 4.79 Å². The standard InChI is InChI=1S/C3H7NO3.C2H6.H2/c5-2-1-4-3(6)7;1-2;/h4-5H,1-2H2,(H,6,7);1-2H3;1H. The number of hydrogen-bond donors (Lipinski definition) is 3. The fraction of sp³-hybridized carbons (Fsp3) is 0.800. The summed E-state index contributed by atoms with van der Waals surface area (Å²) in [6, 6.07) is 0. The number of carboxylic acid groups (broad SMARTS) is 1. The number of aliphatic hydroxyl groups is 1. The third-order valence-corrected chi connectivity index (χ3v) is 0.388. The number of carbonyl (C=O) groups is 1. The Morgan fingerprint density at radius 2 is 2.11 bits per heavy atom. The van der Waals surface area contributed by atoms with Crippen molar-refractivity contribution in [2.45, 2.75) is 13.8 Å². The highest BCUT2D eigenvalue weighted by Gasteiger charge is 1.87. The molecular formula is C5H15NO3. The smallest absolute Gasteiger partial charge is 0.404 e. The summed E-state index contributed by atoms with van der Waals surface area (Å²) >= 11 is 0. The first-order chi connectivity index (χ1) is 4.27. The summed E-state index contributed by atoms with van der Waals surface area (Å²) in [5.74, 6) is 0. The fourth-order valence-corrected chi connectivity index (χ4v) is 0.163. The molecule has 0 atom stereocenters. The van der Waals surface area contributed by atoms with Crippen LogP contribution in [0.25, 0.3) is 0 Å². The lowest BCUT2D eigenvalue weighted by Crippen LogP contribution is -2.23. The van der Waals surface area contributed by atoms with Crippen molar-refractivity contribution in [2.75, 3.05) is 13.2 Å². The fourth-order valence-electron chi connectivity index (χ4n) is 0.163. The van der Waals surface area contributed by atoms with Crippen LogP contribution in [0.5, 0.6) is 0 Å². The predicted molar refractivity (Wildman–Crippen MR) is 36.6 cm³/mol. The summed E-state index contributed by atoms with van der Waals surface area (Å²) in [5, 5.41) is 17.8. The summed E-state index contributed by atoms with van der Waals surface area (Å²) < 4.78 is 0. The van der Waals surface area contributed by atoms with Gasteiger partial charge in [-0.1, -0.05) is 13.8 Å². The zero-order valence-electron chi connectivity index (χ0n) is 5.72. The van der Waals surface area contributed by atoms with Gasteiger partial charge in [-0.2, -0.15) is 0 Å². The Hall–Kier alpha value is -0.770. The molecule has 0 spiro atoms. The van der Waals surface area contributed by atoms with Gasteiger partial charge in [-0.25, -0.2) is 4.79 Å². The van der Waals surface area contributed by atoms with E-state index in [1.54, 1.807) is 0 Å². The van der Waals surface area contributed by atoms with Crippen molar-refractivity contribution in [2.24, 2.45) is 0 Å². The van der Waals surface area contributed by atoms with Gasteiger partial charge in [0.15, 0.2) is 0 Å². The van der Waals surface area contributed by atoms with Crippen molar-refractivity contribution in [3.8, 4) is 0 Å². The SMILES string of the molecule is CC.O=C(O)NCCO.[HH]. The summed E-state index contributed by atoms with van der Waals surface area (Å²) in [4.78, 5) is 9.54. The highest BCUT2D eigenvalue weighted by molar-refractivity contribution is 5.64. The van der Waals surface area contributed by atoms with E-state index in [0.717, 1.165) is 0 Å². The molecule has 0 aromatic rings. The molecule has 9 heavy (non-hydrogen) atoms. The van der Waals surface area contributed by atoms with Gasteiger partial charge >= 0.3 is 6.09 Å². The third-order valence-electron chi connectivity index (χ3n) is 0.388. The molecule has 0 saturated carbocycles. The quantitative estimate of drug-likeness (QED) is 0.519. The van der Waals surface area contributed by atoms with Crippen LogP contribution in [0.15, 0.2) is 0 Å². The summed E-state index contributed by atoms with van der Waals surface area (Å²) in [5.41, 5.74) is 0. The number of aliphatic hydroxyl groups excluding tert-OH is 1. The molecule has 0 fully saturated rings. The number of amides is 1. The second kappa shape index (κ2) is 10.3. The Kier molecular flexibility index (Phi) is 12.6. The first-order valence-corrected chi connectivity index (χ1v) is 2.85. The lowest BCUT2D eigenvalue weighted by Gasteiger charge is -1.91. The van der Waals surface area contributed by atoms with Gasteiger partial charge in [0.2, 0.25) is 0 Å². The van der Waals surface area contributed by atoms with Crippen molar-refractivity contribution in [1.82, 2.24) is 5.32 Å². The lowest BCUT2D eigenvalue weighted by molar-refractivity contribution is 0.190. The van der Waals surface area contributed by atoms with E-state index in [0.29, 0.717) is 0 Å². The molecule has 0 radical (unpaired) electrons. The van der Waals surface area contributed by atoms with E-state index in [1.807, 2.05) is 19.2 Å². The Labute approximate surface area is 56.0 Å². The van der Waals surface area contributed by atoms with E-state index < -0.39 is 6.09 Å². The normalized spacial score (nSPS) is 7.00. The molecule has 3 N–H and O–H groups in total. The minimum Gasteiger partial charge on any atom is -0.465 e. The molecule has 0 rings (SSSR count). The van der Waals surface area contributed by atoms with Crippen LogP contribution in [-0.4, -0.2) is 29.5 Å². The maximum atomic E-state index is 9.54. The van der Waals surface area contributed by atoms with Crippen molar-refractivity contribution in [3.63, 3.8) is 0 Å². The molecular weight excluding hydrogens is 122 g/mol. The maximum absolute atomic E-state index is 9.54. The van der Waals surface area contributed by atoms with E-state index in [2.05, 4.69) is 0 Å². The highest BCUT2D eigenvalue weighted by atomic mass is 16.4. The number of nitrogens with one attached hydrogen (secondary N) is 1. The van der Waals surface area contributed by atoms with Crippen LogP contribution in [-0.2, 0) is 0 Å². The van der Waals surface area contributed by atoms with Crippen LogP contribution in [0.2, 0.25) is 0 Å². The van der Waals surface area contributed by atoms with Crippen molar-refractivity contribution < 1.29 is 16.4 Å². The molecule has 0 unspecified atom stereocenters. The Morgan fingerprint density at radius 1 is 1.67 bits per heavy atom. The largest absolute Gasteiger partial charge is 0.465 e. The molecule has 0 aliphatic rings. The first kappa shape index (κ1) is 11.1. The second-order valence-electron chi connectivity index (χ2n) is 0.956. The highest BCUT2D eigenvalue weighted by Crippen LogP contribution is 1.56. The molecule has 0 aromatic carbocycles. The van der Waals surface area contributed by atoms with Crippen LogP contribution in [0.1, 0.15) is 15.3 Å². The van der Waals surface area contributed by atoms with E-state index >= 15 is 0 Å². The number of rotatable bonds is 2. The van der Waals surface area contributed by atoms with Crippen molar-refractivity contribution in [1.29, 1.82) is 0 Å². The van der Waals surface area contributed by atoms with E-state index in [1.165, 1.54) is 0 Å². The average Bonchev–Trinajstić information content (AvgIpc) is 1.88. The van der Waals surface area contributed by atoms with Crippen LogP contribution in [0.3, 0.4) is 0 Å². The zero-order valence-corrected chi connectivity index (χ0v) is 5.72. The minimum absolute atomic E-state index is 0. The van der Waals surface area contributed by atoms with Gasteiger partial charge in [0.05, 0.1) is 6.61 Å². The van der Waals surface area contributed by atoms with Crippen molar-refractivity contribution >= 4 is 6.09 Å². The molecule has 4 heteroatoms. The predicted octanol–water partition coefficient (Wildman–Crippen LogP) is 0.518. The van der Waals surface area contributed by atoms with Gasteiger partial charge in [0, 0.05) is 7.97 Å². The van der Waals surface area contributed by atoms with Gasteiger partial charge < -0.3 is 15.5 Å².